The van der Waals surface area contributed by atoms with Crippen molar-refractivity contribution in [1.82, 2.24) is 0 Å². The molecule has 30 heavy (non-hydrogen) atoms. The van der Waals surface area contributed by atoms with Crippen LogP contribution in [0.5, 0.6) is 0 Å². The van der Waals surface area contributed by atoms with E-state index in [1.165, 1.54) is 24.3 Å². The van der Waals surface area contributed by atoms with E-state index in [9.17, 15) is 22.0 Å². The van der Waals surface area contributed by atoms with Crippen LogP contribution in [0.25, 0.3) is 22.4 Å². The first-order valence-electron chi connectivity index (χ1n) is 9.74. The monoisotopic (exact) mass is 416 g/mol. The number of fused-ring (bicyclic) bond motifs is 1. The van der Waals surface area contributed by atoms with E-state index in [4.69, 9.17) is 0 Å². The lowest BCUT2D eigenvalue weighted by molar-refractivity contribution is 0.503. The molecule has 5 heteroatoms. The molecule has 0 amide bonds. The van der Waals surface area contributed by atoms with Crippen LogP contribution < -0.4 is 0 Å². The summed E-state index contributed by atoms with van der Waals surface area (Å²) in [5, 5.41) is -0.602. The number of rotatable bonds is 6. The van der Waals surface area contributed by atoms with Crippen LogP contribution in [-0.4, -0.2) is 0 Å². The highest BCUT2D eigenvalue weighted by molar-refractivity contribution is 5.91. The Morgan fingerprint density at radius 3 is 2.20 bits per heavy atom. The third-order valence-corrected chi connectivity index (χ3v) is 5.05. The Bertz CT molecular complexity index is 1120. The first-order chi connectivity index (χ1) is 14.4. The van der Waals surface area contributed by atoms with Crippen LogP contribution in [0.3, 0.4) is 0 Å². The zero-order chi connectivity index (χ0) is 21.8. The zero-order valence-corrected chi connectivity index (χ0v) is 16.7. The molecule has 0 unspecified atom stereocenters. The third kappa shape index (κ3) is 4.16. The molecule has 0 fully saturated rings. The molecule has 0 aromatic heterocycles. The van der Waals surface area contributed by atoms with Gasteiger partial charge in [-0.3, -0.25) is 0 Å². The molecule has 0 atom stereocenters. The van der Waals surface area contributed by atoms with Gasteiger partial charge in [0.1, 0.15) is 5.82 Å². The van der Waals surface area contributed by atoms with Gasteiger partial charge in [-0.1, -0.05) is 49.4 Å². The van der Waals surface area contributed by atoms with Crippen LogP contribution in [0, 0.1) is 17.5 Å². The average molecular weight is 416 g/mol. The summed E-state index contributed by atoms with van der Waals surface area (Å²) in [6, 6.07) is 9.76. The van der Waals surface area contributed by atoms with E-state index in [1.54, 1.807) is 19.1 Å². The molecule has 0 nitrogen and oxygen atoms in total. The summed E-state index contributed by atoms with van der Waals surface area (Å²) in [4.78, 5) is 0. The lowest BCUT2D eigenvalue weighted by Gasteiger charge is -2.10. The third-order valence-electron chi connectivity index (χ3n) is 5.05. The predicted molar refractivity (Wildman–Crippen MR) is 112 cm³/mol. The van der Waals surface area contributed by atoms with Crippen LogP contribution in [0.15, 0.2) is 54.6 Å². The zero-order valence-electron chi connectivity index (χ0n) is 16.7. The molecule has 0 N–H and O–H groups in total. The summed E-state index contributed by atoms with van der Waals surface area (Å²) >= 11 is 0. The summed E-state index contributed by atoms with van der Waals surface area (Å²) in [5.74, 6) is -6.64. The van der Waals surface area contributed by atoms with E-state index in [1.807, 2.05) is 19.1 Å². The van der Waals surface area contributed by atoms with Gasteiger partial charge in [0.05, 0.1) is 5.39 Å². The van der Waals surface area contributed by atoms with Crippen molar-refractivity contribution >= 4 is 22.4 Å². The molecule has 0 saturated carbocycles. The van der Waals surface area contributed by atoms with Gasteiger partial charge in [-0.05, 0) is 54.8 Å². The number of hydrogen-bond donors (Lipinski definition) is 0. The van der Waals surface area contributed by atoms with Crippen molar-refractivity contribution in [2.75, 3.05) is 0 Å². The molecular formula is C25H21F5. The molecule has 0 heterocycles. The minimum Gasteiger partial charge on any atom is -0.205 e. The Kier molecular flexibility index (Phi) is 6.70. The molecule has 0 spiro atoms. The lowest BCUT2D eigenvalue weighted by atomic mass is 9.99. The fourth-order valence-electron chi connectivity index (χ4n) is 3.34. The number of hydrogen-bond acceptors (Lipinski definition) is 0. The second kappa shape index (κ2) is 9.24. The number of benzene rings is 3. The van der Waals surface area contributed by atoms with Crippen LogP contribution >= 0.6 is 0 Å². The standard InChI is InChI=1S/C25H21F5/c1-3-5-6-7-15-8-10-17(11-9-15)22(27)24(29)19-13-12-18-14-16(4-2)21(26)25(30)20(18)23(19)28/h3,5,8-14H,4,6-7H2,1-2H3/b5-3+,24-22?. The van der Waals surface area contributed by atoms with Crippen molar-refractivity contribution in [1.29, 1.82) is 0 Å². The van der Waals surface area contributed by atoms with E-state index in [2.05, 4.69) is 0 Å². The predicted octanol–water partition coefficient (Wildman–Crippen LogP) is 8.09. The summed E-state index contributed by atoms with van der Waals surface area (Å²) in [6.07, 6.45) is 5.73. The fourth-order valence-corrected chi connectivity index (χ4v) is 3.34. The Hall–Kier alpha value is -2.95. The molecule has 3 aromatic rings. The highest BCUT2D eigenvalue weighted by Gasteiger charge is 2.22. The highest BCUT2D eigenvalue weighted by atomic mass is 19.2. The van der Waals surface area contributed by atoms with Crippen LogP contribution in [0.2, 0.25) is 0 Å². The minimum absolute atomic E-state index is 0.0604. The second-order valence-corrected chi connectivity index (χ2v) is 6.98. The van der Waals surface area contributed by atoms with E-state index < -0.39 is 40.1 Å². The largest absolute Gasteiger partial charge is 0.205 e. The summed E-state index contributed by atoms with van der Waals surface area (Å²) in [5.41, 5.74) is 0.226. The molecule has 0 aliphatic rings. The van der Waals surface area contributed by atoms with Crippen molar-refractivity contribution in [2.24, 2.45) is 0 Å². The van der Waals surface area contributed by atoms with Gasteiger partial charge in [-0.15, -0.1) is 0 Å². The molecule has 3 rings (SSSR count). The maximum Gasteiger partial charge on any atom is 0.169 e. The lowest BCUT2D eigenvalue weighted by Crippen LogP contribution is -1.99. The topological polar surface area (TPSA) is 0 Å². The first kappa shape index (κ1) is 21.8. The van der Waals surface area contributed by atoms with Gasteiger partial charge >= 0.3 is 0 Å². The van der Waals surface area contributed by atoms with Crippen molar-refractivity contribution in [3.05, 3.63) is 94.3 Å². The van der Waals surface area contributed by atoms with Gasteiger partial charge in [0, 0.05) is 11.1 Å². The maximum atomic E-state index is 14.9. The first-order valence-corrected chi connectivity index (χ1v) is 9.74. The molecule has 0 aliphatic carbocycles. The number of aryl methyl sites for hydroxylation is 2. The van der Waals surface area contributed by atoms with E-state index in [-0.39, 0.29) is 22.9 Å². The number of halogens is 5. The van der Waals surface area contributed by atoms with Gasteiger partial charge in [0.25, 0.3) is 0 Å². The Balaban J connectivity index is 2.02. The van der Waals surface area contributed by atoms with Gasteiger partial charge in [-0.2, -0.15) is 0 Å². The van der Waals surface area contributed by atoms with Crippen molar-refractivity contribution in [2.45, 2.75) is 33.1 Å². The van der Waals surface area contributed by atoms with Gasteiger partial charge < -0.3 is 0 Å². The van der Waals surface area contributed by atoms with E-state index in [0.29, 0.717) is 0 Å². The maximum absolute atomic E-state index is 14.9. The molecule has 0 radical (unpaired) electrons. The quantitative estimate of drug-likeness (QED) is 0.216. The summed E-state index contributed by atoms with van der Waals surface area (Å²) < 4.78 is 72.8. The van der Waals surface area contributed by atoms with E-state index >= 15 is 0 Å². The van der Waals surface area contributed by atoms with E-state index in [0.717, 1.165) is 24.5 Å². The molecule has 3 aromatic carbocycles. The molecular weight excluding hydrogens is 395 g/mol. The van der Waals surface area contributed by atoms with Crippen molar-refractivity contribution in [3.63, 3.8) is 0 Å². The fraction of sp³-hybridized carbons (Fsp3) is 0.200. The molecule has 156 valence electrons. The van der Waals surface area contributed by atoms with Crippen LogP contribution in [0.1, 0.15) is 42.5 Å². The normalized spacial score (nSPS) is 12.6. The summed E-state index contributed by atoms with van der Waals surface area (Å²) in [7, 11) is 0. The Morgan fingerprint density at radius 1 is 0.867 bits per heavy atom. The van der Waals surface area contributed by atoms with Crippen LogP contribution in [-0.2, 0) is 12.8 Å². The minimum atomic E-state index is -1.46. The SMILES string of the molecule is C/C=C/CCc1ccc(C(F)=C(F)c2ccc3cc(CC)c(F)c(F)c3c2F)cc1. The Labute approximate surface area is 172 Å². The second-order valence-electron chi connectivity index (χ2n) is 6.98. The van der Waals surface area contributed by atoms with Gasteiger partial charge in [-0.25, -0.2) is 22.0 Å². The average Bonchev–Trinajstić information content (AvgIpc) is 2.76. The molecule has 0 saturated heterocycles. The molecule has 0 aliphatic heterocycles. The van der Waals surface area contributed by atoms with Gasteiger partial charge in [0.2, 0.25) is 0 Å². The summed E-state index contributed by atoms with van der Waals surface area (Å²) in [6.45, 7) is 3.55. The number of allylic oxidation sites excluding steroid dienone is 2. The van der Waals surface area contributed by atoms with Gasteiger partial charge in [0.15, 0.2) is 23.3 Å². The highest BCUT2D eigenvalue weighted by Crippen LogP contribution is 2.35. The molecule has 0 bridgehead atoms. The Morgan fingerprint density at radius 2 is 1.57 bits per heavy atom. The smallest absolute Gasteiger partial charge is 0.169 e. The van der Waals surface area contributed by atoms with Crippen LogP contribution in [0.4, 0.5) is 22.0 Å². The van der Waals surface area contributed by atoms with Crippen molar-refractivity contribution in [3.8, 4) is 0 Å². The van der Waals surface area contributed by atoms with Crippen molar-refractivity contribution < 1.29 is 22.0 Å².